The quantitative estimate of drug-likeness (QED) is 0.655. The number of rotatable bonds is 4. The first-order valence-electron chi connectivity index (χ1n) is 6.68. The van der Waals surface area contributed by atoms with Crippen LogP contribution in [0.2, 0.25) is 5.02 Å². The molecule has 6 nitrogen and oxygen atoms in total. The third-order valence-electron chi connectivity index (χ3n) is 2.46. The maximum atomic E-state index is 11.7. The third kappa shape index (κ3) is 7.08. The zero-order chi connectivity index (χ0) is 16.8. The molecule has 7 heteroatoms. The Morgan fingerprint density at radius 2 is 1.68 bits per heavy atom. The first-order valence-corrected chi connectivity index (χ1v) is 7.05. The topological polar surface area (TPSA) is 84.5 Å². The zero-order valence-corrected chi connectivity index (χ0v) is 13.5. The molecule has 0 saturated carbocycles. The van der Waals surface area contributed by atoms with Crippen LogP contribution in [0.5, 0.6) is 0 Å². The molecule has 0 aliphatic carbocycles. The predicted molar refractivity (Wildman–Crippen MR) is 82.1 cm³/mol. The minimum absolute atomic E-state index is 0.206. The average Bonchev–Trinajstić information content (AvgIpc) is 2.41. The molecule has 0 radical (unpaired) electrons. The van der Waals surface area contributed by atoms with Gasteiger partial charge in [-0.15, -0.1) is 0 Å². The maximum absolute atomic E-state index is 11.7. The fourth-order valence-corrected chi connectivity index (χ4v) is 1.59. The first kappa shape index (κ1) is 18.0. The summed E-state index contributed by atoms with van der Waals surface area (Å²) < 4.78 is 4.81. The molecule has 0 heterocycles. The molecular weight excluding hydrogens is 308 g/mol. The summed E-state index contributed by atoms with van der Waals surface area (Å²) in [4.78, 5) is 34.6. The summed E-state index contributed by atoms with van der Waals surface area (Å²) >= 11 is 5.71. The van der Waals surface area contributed by atoms with E-state index in [0.717, 1.165) is 0 Å². The molecule has 0 aromatic heterocycles. The number of esters is 1. The van der Waals surface area contributed by atoms with Crippen molar-refractivity contribution in [2.75, 3.05) is 6.61 Å². The highest BCUT2D eigenvalue weighted by Gasteiger charge is 2.18. The molecule has 0 aliphatic heterocycles. The van der Waals surface area contributed by atoms with Crippen LogP contribution in [0.15, 0.2) is 24.3 Å². The van der Waals surface area contributed by atoms with Crippen molar-refractivity contribution in [3.8, 4) is 0 Å². The van der Waals surface area contributed by atoms with Gasteiger partial charge in [-0.05, 0) is 29.7 Å². The summed E-state index contributed by atoms with van der Waals surface area (Å²) in [6.45, 7) is 5.22. The van der Waals surface area contributed by atoms with E-state index in [0.29, 0.717) is 10.6 Å². The number of hydrazine groups is 1. The summed E-state index contributed by atoms with van der Waals surface area (Å²) in [6, 6.07) is 6.17. The molecule has 22 heavy (non-hydrogen) atoms. The minimum atomic E-state index is -0.621. The van der Waals surface area contributed by atoms with E-state index in [9.17, 15) is 14.4 Å². The van der Waals surface area contributed by atoms with Crippen molar-refractivity contribution < 1.29 is 19.1 Å². The lowest BCUT2D eigenvalue weighted by Gasteiger charge is -2.16. The molecule has 1 aromatic rings. The van der Waals surface area contributed by atoms with Gasteiger partial charge in [0.15, 0.2) is 6.61 Å². The van der Waals surface area contributed by atoms with Crippen LogP contribution in [0.4, 0.5) is 0 Å². The predicted octanol–water partition coefficient (Wildman–Crippen LogP) is 2.08. The average molecular weight is 327 g/mol. The zero-order valence-electron chi connectivity index (χ0n) is 12.7. The highest BCUT2D eigenvalue weighted by Crippen LogP contribution is 2.18. The molecule has 0 atom stereocenters. The van der Waals surface area contributed by atoms with Crippen molar-refractivity contribution in [2.24, 2.45) is 5.41 Å². The molecule has 1 rings (SSSR count). The van der Waals surface area contributed by atoms with E-state index in [-0.39, 0.29) is 11.8 Å². The van der Waals surface area contributed by atoms with Gasteiger partial charge in [0.1, 0.15) is 0 Å². The summed E-state index contributed by atoms with van der Waals surface area (Å²) in [5, 5.41) is 0.506. The lowest BCUT2D eigenvalue weighted by Crippen LogP contribution is -2.43. The Hall–Kier alpha value is -2.08. The first-order chi connectivity index (χ1) is 10.2. The van der Waals surface area contributed by atoms with Crippen molar-refractivity contribution in [3.05, 3.63) is 34.9 Å². The largest absolute Gasteiger partial charge is 0.455 e. The van der Waals surface area contributed by atoms with Crippen LogP contribution in [-0.2, 0) is 14.3 Å². The third-order valence-corrected chi connectivity index (χ3v) is 2.71. The molecule has 0 saturated heterocycles. The van der Waals surface area contributed by atoms with Gasteiger partial charge in [-0.25, -0.2) is 0 Å². The Balaban J connectivity index is 2.32. The van der Waals surface area contributed by atoms with Gasteiger partial charge in [-0.3, -0.25) is 25.2 Å². The van der Waals surface area contributed by atoms with Crippen molar-refractivity contribution in [2.45, 2.75) is 27.2 Å². The number of benzene rings is 1. The maximum Gasteiger partial charge on any atom is 0.306 e. The summed E-state index contributed by atoms with van der Waals surface area (Å²) in [6.07, 6.45) is 0.206. The second-order valence-electron chi connectivity index (χ2n) is 5.91. The number of halogens is 1. The number of ether oxygens (including phenoxy) is 1. The van der Waals surface area contributed by atoms with Gasteiger partial charge < -0.3 is 4.74 Å². The summed E-state index contributed by atoms with van der Waals surface area (Å²) in [7, 11) is 0. The van der Waals surface area contributed by atoms with Crippen LogP contribution >= 0.6 is 11.6 Å². The number of hydrogen-bond acceptors (Lipinski definition) is 4. The smallest absolute Gasteiger partial charge is 0.306 e. The van der Waals surface area contributed by atoms with Crippen LogP contribution in [0, 0.1) is 5.41 Å². The molecule has 0 bridgehead atoms. The summed E-state index contributed by atoms with van der Waals surface area (Å²) in [5.41, 5.74) is 4.51. The SMILES string of the molecule is CC(C)(C)CC(=O)OCC(=O)NNC(=O)c1ccc(Cl)cc1. The molecule has 0 aliphatic rings. The van der Waals surface area contributed by atoms with Gasteiger partial charge in [0.2, 0.25) is 0 Å². The highest BCUT2D eigenvalue weighted by atomic mass is 35.5. The number of nitrogens with one attached hydrogen (secondary N) is 2. The normalized spacial score (nSPS) is 10.7. The number of hydrogen-bond donors (Lipinski definition) is 2. The Morgan fingerprint density at radius 1 is 1.09 bits per heavy atom. The van der Waals surface area contributed by atoms with Crippen molar-refractivity contribution in [1.82, 2.24) is 10.9 Å². The van der Waals surface area contributed by atoms with Gasteiger partial charge in [0, 0.05) is 10.6 Å². The van der Waals surface area contributed by atoms with Gasteiger partial charge in [0.25, 0.3) is 11.8 Å². The van der Waals surface area contributed by atoms with Crippen LogP contribution in [0.3, 0.4) is 0 Å². The molecule has 0 fully saturated rings. The minimum Gasteiger partial charge on any atom is -0.455 e. The van der Waals surface area contributed by atoms with Gasteiger partial charge in [0.05, 0.1) is 6.42 Å². The van der Waals surface area contributed by atoms with Crippen molar-refractivity contribution in [3.63, 3.8) is 0 Å². The van der Waals surface area contributed by atoms with Crippen LogP contribution < -0.4 is 10.9 Å². The fraction of sp³-hybridized carbons (Fsp3) is 0.400. The molecule has 1 aromatic carbocycles. The van der Waals surface area contributed by atoms with Crippen molar-refractivity contribution in [1.29, 1.82) is 0 Å². The molecule has 2 amide bonds. The second kappa shape index (κ2) is 7.79. The van der Waals surface area contributed by atoms with E-state index < -0.39 is 24.4 Å². The second-order valence-corrected chi connectivity index (χ2v) is 6.34. The number of carbonyl (C=O) groups is 3. The Morgan fingerprint density at radius 3 is 2.23 bits per heavy atom. The van der Waals surface area contributed by atoms with E-state index in [2.05, 4.69) is 10.9 Å². The standard InChI is InChI=1S/C15H19ClN2O4/c1-15(2,3)8-13(20)22-9-12(19)17-18-14(21)10-4-6-11(16)7-5-10/h4-7H,8-9H2,1-3H3,(H,17,19)(H,18,21). The van der Waals surface area contributed by atoms with Crippen LogP contribution in [-0.4, -0.2) is 24.4 Å². The van der Waals surface area contributed by atoms with E-state index in [4.69, 9.17) is 16.3 Å². The molecule has 0 unspecified atom stereocenters. The van der Waals surface area contributed by atoms with Crippen LogP contribution in [0.25, 0.3) is 0 Å². The van der Waals surface area contributed by atoms with Crippen LogP contribution in [0.1, 0.15) is 37.6 Å². The van der Waals surface area contributed by atoms with E-state index >= 15 is 0 Å². The molecule has 0 spiro atoms. The van der Waals surface area contributed by atoms with E-state index in [1.807, 2.05) is 20.8 Å². The lowest BCUT2D eigenvalue weighted by atomic mass is 9.93. The molecule has 2 N–H and O–H groups in total. The highest BCUT2D eigenvalue weighted by molar-refractivity contribution is 6.30. The fourth-order valence-electron chi connectivity index (χ4n) is 1.47. The lowest BCUT2D eigenvalue weighted by molar-refractivity contribution is -0.150. The monoisotopic (exact) mass is 326 g/mol. The Kier molecular flexibility index (Phi) is 6.37. The Bertz CT molecular complexity index is 550. The van der Waals surface area contributed by atoms with E-state index in [1.54, 1.807) is 12.1 Å². The number of carbonyl (C=O) groups excluding carboxylic acids is 3. The Labute approximate surface area is 134 Å². The summed E-state index contributed by atoms with van der Waals surface area (Å²) in [5.74, 6) is -1.58. The molecule has 120 valence electrons. The van der Waals surface area contributed by atoms with Gasteiger partial charge >= 0.3 is 5.97 Å². The van der Waals surface area contributed by atoms with Gasteiger partial charge in [-0.2, -0.15) is 0 Å². The van der Waals surface area contributed by atoms with Gasteiger partial charge in [-0.1, -0.05) is 32.4 Å². The molecular formula is C15H19ClN2O4. The number of amides is 2. The van der Waals surface area contributed by atoms with Crippen molar-refractivity contribution >= 4 is 29.4 Å². The van der Waals surface area contributed by atoms with E-state index in [1.165, 1.54) is 12.1 Å².